The van der Waals surface area contributed by atoms with Crippen LogP contribution in [0.5, 0.6) is 0 Å². The first-order chi connectivity index (χ1) is 9.13. The molecule has 2 aromatic rings. The first kappa shape index (κ1) is 13.5. The van der Waals surface area contributed by atoms with Gasteiger partial charge in [-0.15, -0.1) is 0 Å². The van der Waals surface area contributed by atoms with Crippen LogP contribution < -0.4 is 10.6 Å². The lowest BCUT2D eigenvalue weighted by Gasteiger charge is -2.06. The van der Waals surface area contributed by atoms with Crippen LogP contribution in [0.1, 0.15) is 16.1 Å². The molecular formula is C12H10ClN3O2S. The summed E-state index contributed by atoms with van der Waals surface area (Å²) >= 11 is 7.05. The number of carbonyl (C=O) groups excluding carboxylic acids is 2. The Morgan fingerprint density at radius 2 is 2.16 bits per heavy atom. The molecule has 2 amide bonds. The monoisotopic (exact) mass is 295 g/mol. The standard InChI is InChI=1S/C12H10ClN3O2S/c1-7-10(14-6-17)12(19-16-7)15-11(18)8-4-2-3-5-9(8)13/h2-6H,1H3,(H,14,17)(H,15,18). The van der Waals surface area contributed by atoms with Crippen molar-refractivity contribution in [3.8, 4) is 0 Å². The van der Waals surface area contributed by atoms with Gasteiger partial charge in [0, 0.05) is 0 Å². The molecule has 7 heteroatoms. The number of benzene rings is 1. The Bertz CT molecular complexity index is 627. The Labute approximate surface area is 118 Å². The van der Waals surface area contributed by atoms with E-state index >= 15 is 0 Å². The van der Waals surface area contributed by atoms with Gasteiger partial charge in [-0.25, -0.2) is 0 Å². The van der Waals surface area contributed by atoms with Crippen LogP contribution in [0.3, 0.4) is 0 Å². The van der Waals surface area contributed by atoms with E-state index in [0.717, 1.165) is 11.5 Å². The summed E-state index contributed by atoms with van der Waals surface area (Å²) in [4.78, 5) is 22.6. The molecule has 0 aliphatic rings. The lowest BCUT2D eigenvalue weighted by atomic mass is 10.2. The average Bonchev–Trinajstić information content (AvgIpc) is 2.72. The highest BCUT2D eigenvalue weighted by molar-refractivity contribution is 7.11. The van der Waals surface area contributed by atoms with Gasteiger partial charge >= 0.3 is 0 Å². The van der Waals surface area contributed by atoms with Crippen molar-refractivity contribution in [2.45, 2.75) is 6.92 Å². The van der Waals surface area contributed by atoms with Gasteiger partial charge in [0.25, 0.3) is 5.91 Å². The number of amides is 2. The van der Waals surface area contributed by atoms with Crippen molar-refractivity contribution in [3.63, 3.8) is 0 Å². The Morgan fingerprint density at radius 3 is 2.84 bits per heavy atom. The topological polar surface area (TPSA) is 71.1 Å². The van der Waals surface area contributed by atoms with Gasteiger partial charge in [0.2, 0.25) is 6.41 Å². The molecule has 0 radical (unpaired) electrons. The average molecular weight is 296 g/mol. The molecule has 1 heterocycles. The highest BCUT2D eigenvalue weighted by Crippen LogP contribution is 2.30. The maximum atomic E-state index is 12.1. The van der Waals surface area contributed by atoms with Crippen molar-refractivity contribution in [1.82, 2.24) is 4.37 Å². The summed E-state index contributed by atoms with van der Waals surface area (Å²) in [6.45, 7) is 1.74. The molecule has 5 nitrogen and oxygen atoms in total. The molecule has 0 aliphatic heterocycles. The van der Waals surface area contributed by atoms with E-state index in [1.54, 1.807) is 31.2 Å². The molecule has 0 unspecified atom stereocenters. The lowest BCUT2D eigenvalue weighted by Crippen LogP contribution is -2.12. The number of halogens is 1. The maximum Gasteiger partial charge on any atom is 0.257 e. The van der Waals surface area contributed by atoms with E-state index < -0.39 is 0 Å². The summed E-state index contributed by atoms with van der Waals surface area (Å²) in [7, 11) is 0. The highest BCUT2D eigenvalue weighted by Gasteiger charge is 2.15. The van der Waals surface area contributed by atoms with Gasteiger partial charge in [-0.3, -0.25) is 9.59 Å². The number of hydrogen-bond donors (Lipinski definition) is 2. The normalized spacial score (nSPS) is 10.0. The molecular weight excluding hydrogens is 286 g/mol. The molecule has 0 saturated heterocycles. The van der Waals surface area contributed by atoms with Crippen LogP contribution >= 0.6 is 23.1 Å². The van der Waals surface area contributed by atoms with Gasteiger partial charge in [0.05, 0.1) is 22.0 Å². The molecule has 0 bridgehead atoms. The third-order valence-electron chi connectivity index (χ3n) is 2.41. The van der Waals surface area contributed by atoms with Crippen LogP contribution in [0.15, 0.2) is 24.3 Å². The van der Waals surface area contributed by atoms with Crippen molar-refractivity contribution >= 4 is 46.1 Å². The number of carbonyl (C=O) groups is 2. The number of aromatic nitrogens is 1. The number of hydrogen-bond acceptors (Lipinski definition) is 4. The van der Waals surface area contributed by atoms with Crippen molar-refractivity contribution < 1.29 is 9.59 Å². The number of nitrogens with zero attached hydrogens (tertiary/aromatic N) is 1. The van der Waals surface area contributed by atoms with E-state index in [0.29, 0.717) is 33.4 Å². The van der Waals surface area contributed by atoms with Crippen LogP contribution in [-0.2, 0) is 4.79 Å². The van der Waals surface area contributed by atoms with Crippen molar-refractivity contribution in [2.24, 2.45) is 0 Å². The number of nitrogens with one attached hydrogen (secondary N) is 2. The molecule has 0 atom stereocenters. The van der Waals surface area contributed by atoms with E-state index in [1.165, 1.54) is 0 Å². The molecule has 1 aromatic carbocycles. The highest BCUT2D eigenvalue weighted by atomic mass is 35.5. The quantitative estimate of drug-likeness (QED) is 0.852. The number of rotatable bonds is 4. The molecule has 0 aliphatic carbocycles. The molecule has 19 heavy (non-hydrogen) atoms. The molecule has 1 aromatic heterocycles. The summed E-state index contributed by atoms with van der Waals surface area (Å²) in [5.74, 6) is -0.344. The van der Waals surface area contributed by atoms with Gasteiger partial charge in [-0.1, -0.05) is 23.7 Å². The largest absolute Gasteiger partial charge is 0.325 e. The Balaban J connectivity index is 2.24. The minimum absolute atomic E-state index is 0.344. The van der Waals surface area contributed by atoms with E-state index in [9.17, 15) is 9.59 Å². The molecule has 0 saturated carbocycles. The Kier molecular flexibility index (Phi) is 4.13. The summed E-state index contributed by atoms with van der Waals surface area (Å²) in [5.41, 5.74) is 1.51. The van der Waals surface area contributed by atoms with Gasteiger partial charge in [0.1, 0.15) is 5.00 Å². The van der Waals surface area contributed by atoms with E-state index in [2.05, 4.69) is 15.0 Å². The minimum atomic E-state index is -0.344. The fourth-order valence-corrected chi connectivity index (χ4v) is 2.48. The Morgan fingerprint density at radius 1 is 1.42 bits per heavy atom. The molecule has 2 rings (SSSR count). The zero-order valence-electron chi connectivity index (χ0n) is 9.94. The summed E-state index contributed by atoms with van der Waals surface area (Å²) < 4.78 is 4.08. The minimum Gasteiger partial charge on any atom is -0.325 e. The third kappa shape index (κ3) is 2.91. The first-order valence-electron chi connectivity index (χ1n) is 5.36. The summed E-state index contributed by atoms with van der Waals surface area (Å²) in [6.07, 6.45) is 0.544. The molecule has 98 valence electrons. The second-order valence-corrected chi connectivity index (χ2v) is 4.85. The van der Waals surface area contributed by atoms with Crippen molar-refractivity contribution in [2.75, 3.05) is 10.6 Å². The van der Waals surface area contributed by atoms with E-state index in [1.807, 2.05) is 0 Å². The zero-order chi connectivity index (χ0) is 13.8. The first-order valence-corrected chi connectivity index (χ1v) is 6.51. The smallest absolute Gasteiger partial charge is 0.257 e. The van der Waals surface area contributed by atoms with Crippen molar-refractivity contribution in [3.05, 3.63) is 40.5 Å². The van der Waals surface area contributed by atoms with E-state index in [-0.39, 0.29) is 5.91 Å². The fraction of sp³-hybridized carbons (Fsp3) is 0.0833. The predicted octanol–water partition coefficient (Wildman–Crippen LogP) is 2.93. The van der Waals surface area contributed by atoms with Crippen LogP contribution in [0, 0.1) is 6.92 Å². The van der Waals surface area contributed by atoms with Crippen LogP contribution in [0.4, 0.5) is 10.7 Å². The SMILES string of the molecule is Cc1nsc(NC(=O)c2ccccc2Cl)c1NC=O. The molecule has 2 N–H and O–H groups in total. The number of aryl methyl sites for hydroxylation is 1. The van der Waals surface area contributed by atoms with Crippen LogP contribution in [-0.4, -0.2) is 16.7 Å². The van der Waals surface area contributed by atoms with Gasteiger partial charge in [-0.2, -0.15) is 4.37 Å². The third-order valence-corrected chi connectivity index (χ3v) is 3.60. The van der Waals surface area contributed by atoms with E-state index in [4.69, 9.17) is 11.6 Å². The van der Waals surface area contributed by atoms with Crippen LogP contribution in [0.25, 0.3) is 0 Å². The molecule has 0 fully saturated rings. The Hall–Kier alpha value is -1.92. The summed E-state index contributed by atoms with van der Waals surface area (Å²) in [5, 5.41) is 6.05. The summed E-state index contributed by atoms with van der Waals surface area (Å²) in [6, 6.07) is 6.73. The van der Waals surface area contributed by atoms with Crippen LogP contribution in [0.2, 0.25) is 5.02 Å². The van der Waals surface area contributed by atoms with Gasteiger partial charge in [0.15, 0.2) is 0 Å². The van der Waals surface area contributed by atoms with Crippen molar-refractivity contribution in [1.29, 1.82) is 0 Å². The van der Waals surface area contributed by atoms with Gasteiger partial charge in [-0.05, 0) is 30.6 Å². The second kappa shape index (κ2) is 5.81. The predicted molar refractivity (Wildman–Crippen MR) is 75.9 cm³/mol. The van der Waals surface area contributed by atoms with Gasteiger partial charge < -0.3 is 10.6 Å². The maximum absolute atomic E-state index is 12.1. The lowest BCUT2D eigenvalue weighted by molar-refractivity contribution is -0.105. The second-order valence-electron chi connectivity index (χ2n) is 3.67. The number of anilines is 2. The molecule has 0 spiro atoms. The fourth-order valence-electron chi connectivity index (χ4n) is 1.50. The zero-order valence-corrected chi connectivity index (χ0v) is 11.5.